The SMILES string of the molecule is COCc1cc(C[C@@H]2C[C@H](NCc3ccccc3O)C2(C)C)no1. The number of benzene rings is 1. The summed E-state index contributed by atoms with van der Waals surface area (Å²) in [6, 6.07) is 9.91. The number of methoxy groups -OCH3 is 1. The van der Waals surface area contributed by atoms with Gasteiger partial charge in [-0.25, -0.2) is 0 Å². The Labute approximate surface area is 143 Å². The van der Waals surface area contributed by atoms with Crippen LogP contribution in [0.2, 0.25) is 0 Å². The fraction of sp³-hybridized carbons (Fsp3) is 0.526. The number of hydrogen-bond acceptors (Lipinski definition) is 5. The van der Waals surface area contributed by atoms with Gasteiger partial charge in [-0.1, -0.05) is 37.2 Å². The molecule has 1 saturated carbocycles. The van der Waals surface area contributed by atoms with Crippen LogP contribution in [0.3, 0.4) is 0 Å². The fourth-order valence-corrected chi connectivity index (χ4v) is 3.52. The highest BCUT2D eigenvalue weighted by Crippen LogP contribution is 2.48. The summed E-state index contributed by atoms with van der Waals surface area (Å²) >= 11 is 0. The average molecular weight is 330 g/mol. The summed E-state index contributed by atoms with van der Waals surface area (Å²) in [6.07, 6.45) is 2.03. The molecule has 1 aromatic heterocycles. The van der Waals surface area contributed by atoms with Crippen molar-refractivity contribution in [3.05, 3.63) is 47.3 Å². The van der Waals surface area contributed by atoms with Crippen molar-refractivity contribution in [2.75, 3.05) is 7.11 Å². The molecule has 24 heavy (non-hydrogen) atoms. The monoisotopic (exact) mass is 330 g/mol. The molecule has 1 aliphatic carbocycles. The van der Waals surface area contributed by atoms with Crippen molar-refractivity contribution in [1.82, 2.24) is 10.5 Å². The van der Waals surface area contributed by atoms with Crippen LogP contribution in [0.1, 0.15) is 37.3 Å². The molecule has 0 unspecified atom stereocenters. The number of aromatic hydroxyl groups is 1. The molecule has 0 aliphatic heterocycles. The van der Waals surface area contributed by atoms with Crippen LogP contribution in [0.15, 0.2) is 34.9 Å². The van der Waals surface area contributed by atoms with Crippen LogP contribution in [-0.2, 0) is 24.3 Å². The lowest BCUT2D eigenvalue weighted by molar-refractivity contribution is 0.0124. The average Bonchev–Trinajstić information content (AvgIpc) is 2.99. The lowest BCUT2D eigenvalue weighted by Gasteiger charge is -2.52. The van der Waals surface area contributed by atoms with E-state index in [1.165, 1.54) is 0 Å². The quantitative estimate of drug-likeness (QED) is 0.815. The van der Waals surface area contributed by atoms with Gasteiger partial charge >= 0.3 is 0 Å². The third kappa shape index (κ3) is 3.47. The first-order valence-electron chi connectivity index (χ1n) is 8.44. The van der Waals surface area contributed by atoms with Gasteiger partial charge in [0, 0.05) is 31.3 Å². The zero-order chi connectivity index (χ0) is 17.2. The molecule has 0 bridgehead atoms. The lowest BCUT2D eigenvalue weighted by atomic mass is 9.57. The van der Waals surface area contributed by atoms with Gasteiger partial charge in [-0.2, -0.15) is 0 Å². The number of nitrogens with one attached hydrogen (secondary N) is 1. The van der Waals surface area contributed by atoms with Crippen LogP contribution in [0.5, 0.6) is 5.75 Å². The molecule has 1 aliphatic rings. The van der Waals surface area contributed by atoms with E-state index in [1.54, 1.807) is 13.2 Å². The zero-order valence-corrected chi connectivity index (χ0v) is 14.6. The van der Waals surface area contributed by atoms with Gasteiger partial charge in [-0.05, 0) is 30.2 Å². The number of ether oxygens (including phenoxy) is 1. The van der Waals surface area contributed by atoms with E-state index in [4.69, 9.17) is 9.26 Å². The number of nitrogens with zero attached hydrogens (tertiary/aromatic N) is 1. The lowest BCUT2D eigenvalue weighted by Crippen LogP contribution is -2.57. The van der Waals surface area contributed by atoms with Gasteiger partial charge in [0.1, 0.15) is 12.4 Å². The van der Waals surface area contributed by atoms with E-state index in [1.807, 2.05) is 24.3 Å². The summed E-state index contributed by atoms with van der Waals surface area (Å²) in [5.41, 5.74) is 2.13. The second kappa shape index (κ2) is 6.95. The predicted molar refractivity (Wildman–Crippen MR) is 91.5 cm³/mol. The molecule has 3 rings (SSSR count). The smallest absolute Gasteiger partial charge is 0.162 e. The minimum atomic E-state index is 0.185. The molecule has 0 saturated heterocycles. The number of rotatable bonds is 7. The Bertz CT molecular complexity index is 681. The molecule has 5 heteroatoms. The second-order valence-corrected chi connectivity index (χ2v) is 7.24. The van der Waals surface area contributed by atoms with Crippen molar-refractivity contribution in [2.24, 2.45) is 11.3 Å². The molecule has 1 aromatic carbocycles. The van der Waals surface area contributed by atoms with Crippen molar-refractivity contribution in [1.29, 1.82) is 0 Å². The van der Waals surface area contributed by atoms with Crippen LogP contribution >= 0.6 is 0 Å². The number of para-hydroxylation sites is 1. The summed E-state index contributed by atoms with van der Waals surface area (Å²) in [5, 5.41) is 17.6. The van der Waals surface area contributed by atoms with Crippen LogP contribution in [0, 0.1) is 11.3 Å². The Kier molecular flexibility index (Phi) is 4.92. The van der Waals surface area contributed by atoms with Crippen LogP contribution in [0.4, 0.5) is 0 Å². The maximum absolute atomic E-state index is 9.87. The zero-order valence-electron chi connectivity index (χ0n) is 14.6. The van der Waals surface area contributed by atoms with Gasteiger partial charge in [0.15, 0.2) is 5.76 Å². The summed E-state index contributed by atoms with van der Waals surface area (Å²) in [6.45, 7) is 5.74. The van der Waals surface area contributed by atoms with Crippen LogP contribution in [0.25, 0.3) is 0 Å². The minimum Gasteiger partial charge on any atom is -0.508 e. The van der Waals surface area contributed by atoms with Gasteiger partial charge in [0.05, 0.1) is 5.69 Å². The first kappa shape index (κ1) is 17.0. The van der Waals surface area contributed by atoms with Gasteiger partial charge in [-0.15, -0.1) is 0 Å². The van der Waals surface area contributed by atoms with E-state index in [2.05, 4.69) is 24.3 Å². The summed E-state index contributed by atoms with van der Waals surface area (Å²) in [4.78, 5) is 0. The Hall–Kier alpha value is -1.85. The largest absolute Gasteiger partial charge is 0.508 e. The number of hydrogen-bond donors (Lipinski definition) is 2. The topological polar surface area (TPSA) is 67.5 Å². The number of phenolic OH excluding ortho intramolecular Hbond substituents is 1. The second-order valence-electron chi connectivity index (χ2n) is 7.24. The van der Waals surface area contributed by atoms with Crippen molar-refractivity contribution in [3.8, 4) is 5.75 Å². The Morgan fingerprint density at radius 1 is 1.38 bits per heavy atom. The molecule has 1 heterocycles. The third-order valence-corrected chi connectivity index (χ3v) is 5.35. The standard InChI is InChI=1S/C19H26N2O3/c1-19(2)14(8-15-10-16(12-23-3)24-21-15)9-18(19)20-11-13-6-4-5-7-17(13)22/h4-7,10,14,18,20,22H,8-9,11-12H2,1-3H3/t14-,18+/m1/s1. The highest BCUT2D eigenvalue weighted by atomic mass is 16.5. The Balaban J connectivity index is 1.53. The molecule has 1 fully saturated rings. The summed E-state index contributed by atoms with van der Waals surface area (Å²) in [5.74, 6) is 1.70. The number of phenols is 1. The molecule has 2 N–H and O–H groups in total. The van der Waals surface area contributed by atoms with E-state index < -0.39 is 0 Å². The molecule has 0 spiro atoms. The normalized spacial score (nSPS) is 22.3. The predicted octanol–water partition coefficient (Wildman–Crippen LogP) is 3.27. The van der Waals surface area contributed by atoms with Crippen LogP contribution in [-0.4, -0.2) is 23.4 Å². The molecular formula is C19H26N2O3. The van der Waals surface area contributed by atoms with Gasteiger partial charge in [0.25, 0.3) is 0 Å². The molecule has 130 valence electrons. The molecule has 2 aromatic rings. The Morgan fingerprint density at radius 3 is 2.88 bits per heavy atom. The number of aromatic nitrogens is 1. The summed E-state index contributed by atoms with van der Waals surface area (Å²) < 4.78 is 10.3. The van der Waals surface area contributed by atoms with Crippen molar-refractivity contribution >= 4 is 0 Å². The van der Waals surface area contributed by atoms with Crippen LogP contribution < -0.4 is 5.32 Å². The van der Waals surface area contributed by atoms with Gasteiger partial charge < -0.3 is 19.7 Å². The highest BCUT2D eigenvalue weighted by Gasteiger charge is 2.47. The van der Waals surface area contributed by atoms with E-state index in [9.17, 15) is 5.11 Å². The Morgan fingerprint density at radius 2 is 2.17 bits per heavy atom. The fourth-order valence-electron chi connectivity index (χ4n) is 3.52. The molecule has 2 atom stereocenters. The van der Waals surface area contributed by atoms with Crippen molar-refractivity contribution < 1.29 is 14.4 Å². The van der Waals surface area contributed by atoms with Gasteiger partial charge in [-0.3, -0.25) is 0 Å². The maximum atomic E-state index is 9.87. The van der Waals surface area contributed by atoms with E-state index >= 15 is 0 Å². The molecule has 5 nitrogen and oxygen atoms in total. The van der Waals surface area contributed by atoms with Crippen molar-refractivity contribution in [3.63, 3.8) is 0 Å². The summed E-state index contributed by atoms with van der Waals surface area (Å²) in [7, 11) is 1.65. The highest BCUT2D eigenvalue weighted by molar-refractivity contribution is 5.31. The van der Waals surface area contributed by atoms with E-state index in [-0.39, 0.29) is 5.41 Å². The van der Waals surface area contributed by atoms with E-state index in [0.717, 1.165) is 29.9 Å². The molecular weight excluding hydrogens is 304 g/mol. The maximum Gasteiger partial charge on any atom is 0.162 e. The first-order valence-corrected chi connectivity index (χ1v) is 8.44. The minimum absolute atomic E-state index is 0.185. The van der Waals surface area contributed by atoms with E-state index in [0.29, 0.717) is 30.9 Å². The molecule has 0 radical (unpaired) electrons. The van der Waals surface area contributed by atoms with Crippen molar-refractivity contribution in [2.45, 2.75) is 45.9 Å². The first-order chi connectivity index (χ1) is 11.5. The third-order valence-electron chi connectivity index (χ3n) is 5.35. The van der Waals surface area contributed by atoms with Gasteiger partial charge in [0.2, 0.25) is 0 Å². The molecule has 0 amide bonds.